The van der Waals surface area contributed by atoms with Crippen molar-refractivity contribution >= 4 is 58.5 Å². The lowest BCUT2D eigenvalue weighted by molar-refractivity contribution is -0.116. The van der Waals surface area contributed by atoms with Crippen LogP contribution >= 0.6 is 11.8 Å². The Bertz CT molecular complexity index is 2450. The number of ether oxygens (including phenoxy) is 1. The second kappa shape index (κ2) is 16.3. The minimum atomic E-state index is -0.744. The summed E-state index contributed by atoms with van der Waals surface area (Å²) in [5, 5.41) is 7.79. The molecule has 1 aliphatic rings. The lowest BCUT2D eigenvalue weighted by Crippen LogP contribution is -2.30. The fourth-order valence-corrected chi connectivity index (χ4v) is 7.13. The minimum Gasteiger partial charge on any atom is -0.497 e. The molecule has 6 aromatic rings. The van der Waals surface area contributed by atoms with E-state index in [1.54, 1.807) is 135 Å². The van der Waals surface area contributed by atoms with Gasteiger partial charge >= 0.3 is 0 Å². The number of nitrogens with one attached hydrogen (secondary N) is 3. The first-order valence-electron chi connectivity index (χ1n) is 17.3. The molecule has 7 rings (SSSR count). The summed E-state index contributed by atoms with van der Waals surface area (Å²) in [5.74, 6) is -1.32. The van der Waals surface area contributed by atoms with Crippen molar-refractivity contribution in [3.05, 3.63) is 196 Å². The van der Waals surface area contributed by atoms with E-state index in [0.717, 1.165) is 10.5 Å². The molecule has 0 saturated heterocycles. The largest absolute Gasteiger partial charge is 0.497 e. The van der Waals surface area contributed by atoms with Crippen LogP contribution in [0.2, 0.25) is 0 Å². The van der Waals surface area contributed by atoms with Crippen molar-refractivity contribution < 1.29 is 28.7 Å². The quantitative estimate of drug-likeness (QED) is 0.0897. The first-order valence-corrected chi connectivity index (χ1v) is 18.1. The number of amides is 3. The van der Waals surface area contributed by atoms with Crippen LogP contribution in [-0.2, 0) is 9.59 Å². The molecule has 55 heavy (non-hydrogen) atoms. The van der Waals surface area contributed by atoms with E-state index < -0.39 is 17.1 Å². The zero-order chi connectivity index (χ0) is 38.3. The van der Waals surface area contributed by atoms with Gasteiger partial charge in [-0.05, 0) is 71.8 Å². The number of rotatable bonds is 11. The molecule has 1 aliphatic carbocycles. The molecule has 0 heterocycles. The number of anilines is 2. The SMILES string of the molecule is COc1ccc(/C=C(\NC(=O)c2ccccc2)C(=O)Nc2ccc(SC(C(=O)Nc3cccc4c3C(=O)c3ccccc3C4=O)c3ccccc3)cc2)cc1. The van der Waals surface area contributed by atoms with E-state index in [9.17, 15) is 24.0 Å². The lowest BCUT2D eigenvalue weighted by atomic mass is 9.83. The maximum atomic E-state index is 14.1. The third kappa shape index (κ3) is 8.14. The van der Waals surface area contributed by atoms with Gasteiger partial charge in [0, 0.05) is 32.8 Å². The van der Waals surface area contributed by atoms with E-state index in [0.29, 0.717) is 33.7 Å². The van der Waals surface area contributed by atoms with Crippen LogP contribution < -0.4 is 20.7 Å². The highest BCUT2D eigenvalue weighted by Crippen LogP contribution is 2.38. The van der Waals surface area contributed by atoms with Crippen molar-refractivity contribution in [2.75, 3.05) is 17.7 Å². The molecule has 0 fully saturated rings. The van der Waals surface area contributed by atoms with Gasteiger partial charge in [0.1, 0.15) is 16.7 Å². The average molecular weight is 744 g/mol. The Morgan fingerprint density at radius 1 is 0.636 bits per heavy atom. The molecular weight excluding hydrogens is 711 g/mol. The third-order valence-electron chi connectivity index (χ3n) is 8.87. The van der Waals surface area contributed by atoms with Gasteiger partial charge in [-0.15, -0.1) is 11.8 Å². The maximum Gasteiger partial charge on any atom is 0.272 e. The van der Waals surface area contributed by atoms with Gasteiger partial charge in [-0.25, -0.2) is 0 Å². The summed E-state index contributed by atoms with van der Waals surface area (Å²) in [4.78, 5) is 68.4. The monoisotopic (exact) mass is 743 g/mol. The number of ketones is 2. The van der Waals surface area contributed by atoms with E-state index in [4.69, 9.17) is 4.74 Å². The number of hydrogen-bond donors (Lipinski definition) is 3. The zero-order valence-electron chi connectivity index (χ0n) is 29.4. The number of methoxy groups -OCH3 is 1. The Morgan fingerprint density at radius 2 is 1.25 bits per heavy atom. The third-order valence-corrected chi connectivity index (χ3v) is 10.1. The molecule has 10 heteroatoms. The summed E-state index contributed by atoms with van der Waals surface area (Å²) < 4.78 is 5.24. The Morgan fingerprint density at radius 3 is 1.93 bits per heavy atom. The minimum absolute atomic E-state index is 0.0325. The van der Waals surface area contributed by atoms with Crippen LogP contribution in [0.4, 0.5) is 11.4 Å². The predicted octanol–water partition coefficient (Wildman–Crippen LogP) is 8.35. The van der Waals surface area contributed by atoms with Crippen molar-refractivity contribution in [1.29, 1.82) is 0 Å². The summed E-state index contributed by atoms with van der Waals surface area (Å²) in [7, 11) is 1.56. The highest BCUT2D eigenvalue weighted by molar-refractivity contribution is 8.00. The molecule has 6 aromatic carbocycles. The van der Waals surface area contributed by atoms with E-state index in [1.807, 2.05) is 30.3 Å². The number of carbonyl (C=O) groups is 5. The zero-order valence-corrected chi connectivity index (χ0v) is 30.3. The standard InChI is InChI=1S/C45H33N3O6S/c1-54-32-23-19-28(20-24-32)27-38(48-43(51)30-13-6-3-7-14-30)44(52)46-31-21-25-33(26-22-31)55-42(29-11-4-2-5-12-29)45(53)47-37-18-10-17-36-39(37)41(50)35-16-9-8-15-34(35)40(36)49/h2-27,42H,1H3,(H,46,52)(H,47,53)(H,48,51)/b38-27-. The van der Waals surface area contributed by atoms with E-state index in [1.165, 1.54) is 11.8 Å². The number of carbonyl (C=O) groups excluding carboxylic acids is 5. The van der Waals surface area contributed by atoms with Crippen LogP contribution in [0.1, 0.15) is 58.6 Å². The van der Waals surface area contributed by atoms with Crippen LogP contribution in [0.15, 0.2) is 162 Å². The van der Waals surface area contributed by atoms with Crippen LogP contribution in [-0.4, -0.2) is 36.4 Å². The average Bonchev–Trinajstić information content (AvgIpc) is 3.23. The molecule has 0 aromatic heterocycles. The molecule has 0 saturated carbocycles. The molecule has 3 amide bonds. The summed E-state index contributed by atoms with van der Waals surface area (Å²) in [6.45, 7) is 0. The van der Waals surface area contributed by atoms with Crippen molar-refractivity contribution in [3.8, 4) is 5.75 Å². The molecule has 0 radical (unpaired) electrons. The van der Waals surface area contributed by atoms with E-state index >= 15 is 0 Å². The van der Waals surface area contributed by atoms with Crippen LogP contribution in [0.25, 0.3) is 6.08 Å². The van der Waals surface area contributed by atoms with E-state index in [-0.39, 0.29) is 40.0 Å². The molecule has 3 N–H and O–H groups in total. The van der Waals surface area contributed by atoms with Gasteiger partial charge in [0.05, 0.1) is 18.4 Å². The summed E-state index contributed by atoms with van der Waals surface area (Å²) in [5.41, 5.74) is 3.58. The van der Waals surface area contributed by atoms with Gasteiger partial charge in [0.2, 0.25) is 5.91 Å². The van der Waals surface area contributed by atoms with Gasteiger partial charge in [0.15, 0.2) is 11.6 Å². The molecule has 0 aliphatic heterocycles. The Balaban J connectivity index is 1.10. The lowest BCUT2D eigenvalue weighted by Gasteiger charge is -2.22. The van der Waals surface area contributed by atoms with Gasteiger partial charge < -0.3 is 20.7 Å². The number of thioether (sulfide) groups is 1. The fraction of sp³-hybridized carbons (Fsp3) is 0.0444. The predicted molar refractivity (Wildman–Crippen MR) is 213 cm³/mol. The highest BCUT2D eigenvalue weighted by atomic mass is 32.2. The number of hydrogen-bond acceptors (Lipinski definition) is 7. The number of fused-ring (bicyclic) bond motifs is 2. The Labute approximate surface area is 321 Å². The van der Waals surface area contributed by atoms with Crippen molar-refractivity contribution in [3.63, 3.8) is 0 Å². The molecular formula is C45H33N3O6S. The van der Waals surface area contributed by atoms with Gasteiger partial charge in [-0.2, -0.15) is 0 Å². The molecule has 0 spiro atoms. The summed E-state index contributed by atoms with van der Waals surface area (Å²) in [6.07, 6.45) is 1.58. The highest BCUT2D eigenvalue weighted by Gasteiger charge is 2.33. The first-order chi connectivity index (χ1) is 26.8. The maximum absolute atomic E-state index is 14.1. The number of benzene rings is 6. The molecule has 0 bridgehead atoms. The van der Waals surface area contributed by atoms with Crippen LogP contribution in [0.5, 0.6) is 5.75 Å². The van der Waals surface area contributed by atoms with Gasteiger partial charge in [0.25, 0.3) is 11.8 Å². The Hall–Kier alpha value is -7.04. The fourth-order valence-electron chi connectivity index (χ4n) is 6.11. The van der Waals surface area contributed by atoms with Crippen LogP contribution in [0, 0.1) is 0 Å². The van der Waals surface area contributed by atoms with Crippen molar-refractivity contribution in [1.82, 2.24) is 5.32 Å². The van der Waals surface area contributed by atoms with Gasteiger partial charge in [-0.1, -0.05) is 97.1 Å². The smallest absolute Gasteiger partial charge is 0.272 e. The van der Waals surface area contributed by atoms with Crippen molar-refractivity contribution in [2.45, 2.75) is 10.1 Å². The van der Waals surface area contributed by atoms with Crippen LogP contribution in [0.3, 0.4) is 0 Å². The topological polar surface area (TPSA) is 131 Å². The molecule has 270 valence electrons. The van der Waals surface area contributed by atoms with E-state index in [2.05, 4.69) is 16.0 Å². The summed E-state index contributed by atoms with van der Waals surface area (Å²) in [6, 6.07) is 43.4. The summed E-state index contributed by atoms with van der Waals surface area (Å²) >= 11 is 1.29. The van der Waals surface area contributed by atoms with Gasteiger partial charge in [-0.3, -0.25) is 24.0 Å². The second-order valence-corrected chi connectivity index (χ2v) is 13.6. The first kappa shape index (κ1) is 36.3. The molecule has 1 atom stereocenters. The van der Waals surface area contributed by atoms with Crippen molar-refractivity contribution in [2.24, 2.45) is 0 Å². The second-order valence-electron chi connectivity index (χ2n) is 12.5. The molecule has 1 unspecified atom stereocenters. The Kier molecular flexibility index (Phi) is 10.8. The normalized spacial score (nSPS) is 12.5. The molecule has 9 nitrogen and oxygen atoms in total.